The molecule has 32 heteroatoms. The second-order valence-electron chi connectivity index (χ2n) is 23.7. The fourth-order valence-electron chi connectivity index (χ4n) is 11.1. The first-order valence-electron chi connectivity index (χ1n) is 31.9. The molecule has 0 radical (unpaired) electrons. The number of imide groups is 7. The van der Waals surface area contributed by atoms with Gasteiger partial charge in [-0.05, 0) is 102 Å². The van der Waals surface area contributed by atoms with Gasteiger partial charge in [0, 0.05) is 146 Å². The predicted octanol–water partition coefficient (Wildman–Crippen LogP) is 1.45. The number of nitrogens with one attached hydrogen (secondary N) is 1. The predicted molar refractivity (Wildman–Crippen MR) is 317 cm³/mol. The molecule has 4 saturated heterocycles. The summed E-state index contributed by atoms with van der Waals surface area (Å²) in [6, 6.07) is 0. The summed E-state index contributed by atoms with van der Waals surface area (Å²) in [5, 5.41) is 4.31. The molecule has 2 saturated carbocycles. The monoisotopic (exact) mass is 1330 g/mol. The smallest absolute Gasteiger partial charge is 0.336 e. The van der Waals surface area contributed by atoms with Crippen LogP contribution in [0.4, 0.5) is 0 Å². The number of rotatable bonds is 27. The maximum atomic E-state index is 12.3. The minimum Gasteiger partial charge on any atom is -0.465 e. The minimum absolute atomic E-state index is 0.0255. The zero-order chi connectivity index (χ0) is 69.3. The van der Waals surface area contributed by atoms with E-state index in [-0.39, 0.29) is 161 Å². The van der Waals surface area contributed by atoms with Crippen LogP contribution in [-0.2, 0) is 115 Å². The summed E-state index contributed by atoms with van der Waals surface area (Å²) < 4.78 is 5.36. The first-order chi connectivity index (χ1) is 45.3. The Bertz CT molecular complexity index is 3040. The van der Waals surface area contributed by atoms with E-state index in [1.807, 2.05) is 0 Å². The van der Waals surface area contributed by atoms with Gasteiger partial charge in [-0.15, -0.1) is 15.2 Å². The number of ether oxygens (including phenoxy) is 1. The lowest BCUT2D eigenvalue weighted by Gasteiger charge is -2.29. The van der Waals surface area contributed by atoms with Gasteiger partial charge in [-0.2, -0.15) is 0 Å². The van der Waals surface area contributed by atoms with Gasteiger partial charge in [-0.25, -0.2) is 14.4 Å². The highest BCUT2D eigenvalue weighted by Gasteiger charge is 2.39. The number of esters is 1. The maximum Gasteiger partial charge on any atom is 0.336 e. The van der Waals surface area contributed by atoms with Crippen molar-refractivity contribution >= 4 is 118 Å². The number of unbranched alkanes of at least 4 members (excludes halogenated alkanes) is 4. The Morgan fingerprint density at radius 1 is 0.379 bits per heavy atom. The molecule has 95 heavy (non-hydrogen) atoms. The van der Waals surface area contributed by atoms with E-state index in [9.17, 15) is 95.9 Å². The van der Waals surface area contributed by atoms with E-state index >= 15 is 0 Å². The first kappa shape index (κ1) is 74.3. The summed E-state index contributed by atoms with van der Waals surface area (Å²) in [5.74, 6) is -7.75. The Morgan fingerprint density at radius 3 is 1.14 bits per heavy atom. The zero-order valence-corrected chi connectivity index (χ0v) is 52.8. The molecule has 15 amide bonds. The number of Topliss-reactive ketones (excluding diaryl/α,β-unsaturated/α-hetero) is 1. The van der Waals surface area contributed by atoms with Crippen molar-refractivity contribution in [3.8, 4) is 0 Å². The lowest BCUT2D eigenvalue weighted by molar-refractivity contribution is -0.201. The van der Waals surface area contributed by atoms with E-state index in [1.165, 1.54) is 53.2 Å². The van der Waals surface area contributed by atoms with Gasteiger partial charge in [0.25, 0.3) is 70.9 Å². The normalized spacial score (nSPS) is 21.6. The zero-order valence-electron chi connectivity index (χ0n) is 52.8. The van der Waals surface area contributed by atoms with Crippen molar-refractivity contribution in [2.45, 2.75) is 174 Å². The third-order valence-corrected chi connectivity index (χ3v) is 16.6. The lowest BCUT2D eigenvalue weighted by Crippen LogP contribution is -2.38. The molecular formula is C63H78N8O24. The minimum atomic E-state index is -0.642. The van der Waals surface area contributed by atoms with Crippen LogP contribution in [-0.4, -0.2) is 192 Å². The number of carbonyl (C=O) groups is 20. The van der Waals surface area contributed by atoms with Gasteiger partial charge in [0.1, 0.15) is 5.78 Å². The Morgan fingerprint density at radius 2 is 0.726 bits per heavy atom. The number of nitrogens with zero attached hydrogens (tertiary/aromatic N) is 7. The molecule has 7 heterocycles. The molecule has 2 aliphatic carbocycles. The average molecular weight is 1330 g/mol. The molecule has 0 atom stereocenters. The van der Waals surface area contributed by atoms with Gasteiger partial charge < -0.3 is 24.6 Å². The number of amides is 15. The molecule has 0 aromatic rings. The van der Waals surface area contributed by atoms with E-state index in [4.69, 9.17) is 19.2 Å². The quantitative estimate of drug-likeness (QED) is 0.0691. The topological polar surface area (TPSA) is 413 Å². The van der Waals surface area contributed by atoms with Crippen molar-refractivity contribution in [3.63, 3.8) is 0 Å². The molecule has 7 aliphatic heterocycles. The molecule has 9 rings (SSSR count). The fourth-order valence-corrected chi connectivity index (χ4v) is 11.1. The van der Waals surface area contributed by atoms with E-state index in [1.54, 1.807) is 0 Å². The van der Waals surface area contributed by atoms with E-state index in [0.717, 1.165) is 22.6 Å². The van der Waals surface area contributed by atoms with E-state index < -0.39 is 65.2 Å². The average Bonchev–Trinajstić information content (AvgIpc) is 1.92. The molecule has 32 nitrogen and oxygen atoms in total. The third-order valence-electron chi connectivity index (χ3n) is 16.6. The number of hydrogen-bond acceptors (Lipinski definition) is 24. The Labute approximate surface area is 545 Å². The summed E-state index contributed by atoms with van der Waals surface area (Å²) in [4.78, 5) is 248. The van der Waals surface area contributed by atoms with Crippen LogP contribution < -0.4 is 5.32 Å². The van der Waals surface area contributed by atoms with Crippen LogP contribution in [0.15, 0.2) is 36.5 Å². The summed E-state index contributed by atoms with van der Waals surface area (Å²) in [6.45, 7) is 3.15. The molecule has 0 bridgehead atoms. The third kappa shape index (κ3) is 23.0. The summed E-state index contributed by atoms with van der Waals surface area (Å²) in [6.07, 6.45) is 17.6. The van der Waals surface area contributed by atoms with Crippen molar-refractivity contribution in [3.05, 3.63) is 36.5 Å². The van der Waals surface area contributed by atoms with Gasteiger partial charge in [-0.3, -0.25) is 101 Å². The summed E-state index contributed by atoms with van der Waals surface area (Å²) in [7, 11) is 0. The number of ketones is 1. The Kier molecular flexibility index (Phi) is 28.6. The summed E-state index contributed by atoms with van der Waals surface area (Å²) in [5.41, 5.74) is 0. The molecular weight excluding hydrogens is 1250 g/mol. The van der Waals surface area contributed by atoms with Crippen molar-refractivity contribution in [2.24, 2.45) is 23.7 Å². The molecule has 1 N–H and O–H groups in total. The Balaban J connectivity index is 0.000000209. The van der Waals surface area contributed by atoms with Gasteiger partial charge >= 0.3 is 23.9 Å². The van der Waals surface area contributed by atoms with Crippen LogP contribution in [0.3, 0.4) is 0 Å². The van der Waals surface area contributed by atoms with Crippen LogP contribution in [0.25, 0.3) is 0 Å². The number of likely N-dealkylation sites (tertiary alicyclic amines) is 1. The van der Waals surface area contributed by atoms with E-state index in [2.05, 4.69) is 5.32 Å². The number of hydrogen-bond donors (Lipinski definition) is 1. The number of carbonyl (C=O) groups excluding carboxylic acids is 20. The highest BCUT2D eigenvalue weighted by atomic mass is 16.7. The molecule has 0 aromatic heterocycles. The van der Waals surface area contributed by atoms with Crippen LogP contribution in [0, 0.1) is 23.7 Å². The van der Waals surface area contributed by atoms with Gasteiger partial charge in [0.05, 0.1) is 18.4 Å². The van der Waals surface area contributed by atoms with Crippen molar-refractivity contribution in [2.75, 3.05) is 39.3 Å². The van der Waals surface area contributed by atoms with Crippen LogP contribution in [0.2, 0.25) is 0 Å². The highest BCUT2D eigenvalue weighted by molar-refractivity contribution is 6.14. The lowest BCUT2D eigenvalue weighted by atomic mass is 9.82. The van der Waals surface area contributed by atoms with E-state index in [0.29, 0.717) is 125 Å². The van der Waals surface area contributed by atoms with Crippen molar-refractivity contribution in [1.29, 1.82) is 0 Å². The highest BCUT2D eigenvalue weighted by Crippen LogP contribution is 2.33. The van der Waals surface area contributed by atoms with Crippen LogP contribution >= 0.6 is 0 Å². The van der Waals surface area contributed by atoms with Gasteiger partial charge in [-0.1, -0.05) is 6.42 Å². The van der Waals surface area contributed by atoms with Gasteiger partial charge in [0.2, 0.25) is 17.7 Å². The van der Waals surface area contributed by atoms with Crippen LogP contribution in [0.1, 0.15) is 174 Å². The largest absolute Gasteiger partial charge is 0.465 e. The maximum absolute atomic E-state index is 12.3. The standard InChI is InChI=1S/C22H30N2O8.C17H21N3O7.C16H18N2O6.C8H9NO3/c25-17-9-10-18(26)23(17)14-15-5-7-16(8-6-15)22(30)31-13-3-1-2-4-21(29)32-24-19(27)11-12-20(24)28;21-12(9-11-19-13(22)5-6-14(19)23)18-10-3-1-2-4-17(26)27-20-15(24)7-8-16(20)25;19-12-5-6-13(20)17(12)9-10-1-3-11(4-2-10)16(23)24-18-14(21)7-8-15(18)22;1-6(10)4-5-9-7(11)2-3-8(9)12/h15-16H,1-14H2;5-6H,1-4,7-11H2,(H,18,21);5-6,10-11H,1-4,7-9H2;2-3H,4-5H2,1H3. The fraction of sp³-hybridized carbons (Fsp3) is 0.587. The summed E-state index contributed by atoms with van der Waals surface area (Å²) >= 11 is 0. The SMILES string of the molecule is CC(=O)CCN1C(=O)C=CC1=O.O=C(CCCCCOC(=O)C1CCC(CN2C(=O)CCC2=O)CC1)ON1C(=O)CCC1=O.O=C(CCN1C(=O)C=CC1=O)NCCCCCC(=O)ON1C(=O)CCC1=O.O=C(ON1C(=O)CCC1=O)C1CCC(CN2C(=O)C=CC2=O)CC1. The van der Waals surface area contributed by atoms with Crippen molar-refractivity contribution in [1.82, 2.24) is 40.1 Å². The molecule has 514 valence electrons. The van der Waals surface area contributed by atoms with Gasteiger partial charge in [0.15, 0.2) is 0 Å². The molecule has 0 aromatic carbocycles. The molecule has 9 aliphatic rings. The van der Waals surface area contributed by atoms with Crippen LogP contribution in [0.5, 0.6) is 0 Å². The molecule has 6 fully saturated rings. The second-order valence-corrected chi connectivity index (χ2v) is 23.7. The first-order valence-corrected chi connectivity index (χ1v) is 31.9. The second kappa shape index (κ2) is 36.6. The van der Waals surface area contributed by atoms with Crippen molar-refractivity contribution < 1.29 is 115 Å². The Hall–Kier alpha value is -9.78. The number of hydroxylamine groups is 6. The molecule has 0 unspecified atom stereocenters. The molecule has 0 spiro atoms.